The van der Waals surface area contributed by atoms with Crippen molar-refractivity contribution in [1.29, 1.82) is 0 Å². The molecule has 0 aliphatic rings. The fourth-order valence-electron chi connectivity index (χ4n) is 2.45. The number of nitrogens with one attached hydrogen (secondary N) is 2. The maximum atomic E-state index is 12.3. The van der Waals surface area contributed by atoms with Crippen molar-refractivity contribution in [3.63, 3.8) is 0 Å². The van der Waals surface area contributed by atoms with Gasteiger partial charge >= 0.3 is 5.69 Å². The summed E-state index contributed by atoms with van der Waals surface area (Å²) in [5.41, 5.74) is 3.11. The summed E-state index contributed by atoms with van der Waals surface area (Å²) in [5.74, 6) is 0.341. The van der Waals surface area contributed by atoms with Gasteiger partial charge in [-0.2, -0.15) is 10.1 Å². The number of fused-ring (bicyclic) bond motifs is 1. The molecule has 0 atom stereocenters. The molecule has 3 aromatic rings. The first-order chi connectivity index (χ1) is 12.5. The maximum absolute atomic E-state index is 12.3. The van der Waals surface area contributed by atoms with E-state index in [9.17, 15) is 9.59 Å². The van der Waals surface area contributed by atoms with Gasteiger partial charge in [-0.1, -0.05) is 42.0 Å². The van der Waals surface area contributed by atoms with Gasteiger partial charge in [0.15, 0.2) is 11.2 Å². The van der Waals surface area contributed by atoms with Crippen molar-refractivity contribution in [1.82, 2.24) is 19.1 Å². The van der Waals surface area contributed by atoms with E-state index in [1.54, 1.807) is 23.9 Å². The Hall–Kier alpha value is -3.13. The number of nitrogens with zero attached hydrogens (tertiary/aromatic N) is 4. The predicted octanol–water partition coefficient (Wildman–Crippen LogP) is 2.10. The average molecular weight is 373 g/mol. The molecule has 0 radical (unpaired) electrons. The lowest BCUT2D eigenvalue weighted by molar-refractivity contribution is 0.818. The molecule has 0 aliphatic carbocycles. The van der Waals surface area contributed by atoms with E-state index in [1.165, 1.54) is 4.57 Å². The third kappa shape index (κ3) is 3.31. The third-order valence-corrected chi connectivity index (χ3v) is 4.15. The molecule has 0 bridgehead atoms. The molecule has 8 nitrogen and oxygen atoms in total. The van der Waals surface area contributed by atoms with Crippen LogP contribution in [-0.4, -0.2) is 25.3 Å². The molecule has 2 aromatic heterocycles. The van der Waals surface area contributed by atoms with Crippen LogP contribution in [0.25, 0.3) is 11.2 Å². The number of hydrogen-bond acceptors (Lipinski definition) is 5. The number of rotatable bonds is 5. The summed E-state index contributed by atoms with van der Waals surface area (Å²) in [7, 11) is 1.55. The van der Waals surface area contributed by atoms with Crippen LogP contribution in [0.5, 0.6) is 0 Å². The number of H-pyrrole nitrogens is 1. The molecule has 0 spiro atoms. The summed E-state index contributed by atoms with van der Waals surface area (Å²) in [4.78, 5) is 30.7. The molecule has 0 fully saturated rings. The lowest BCUT2D eigenvalue weighted by Crippen LogP contribution is -2.29. The summed E-state index contributed by atoms with van der Waals surface area (Å²) in [6.45, 7) is 2.28. The van der Waals surface area contributed by atoms with Gasteiger partial charge in [0.25, 0.3) is 5.56 Å². The Morgan fingerprint density at radius 3 is 2.85 bits per heavy atom. The molecule has 134 valence electrons. The second-order valence-corrected chi connectivity index (χ2v) is 5.90. The minimum Gasteiger partial charge on any atom is -0.299 e. The van der Waals surface area contributed by atoms with Gasteiger partial charge in [-0.25, -0.2) is 10.2 Å². The van der Waals surface area contributed by atoms with Crippen LogP contribution in [0.3, 0.4) is 0 Å². The fourth-order valence-corrected chi connectivity index (χ4v) is 2.63. The zero-order valence-electron chi connectivity index (χ0n) is 14.2. The quantitative estimate of drug-likeness (QED) is 0.407. The summed E-state index contributed by atoms with van der Waals surface area (Å²) in [5, 5.41) is 4.72. The molecule has 1 aromatic carbocycles. The molecular weight excluding hydrogens is 356 g/mol. The standard InChI is InChI=1S/C17H17ClN6O2/c1-3-4-9-24-13-14(23(2)17(26)21-15(13)25)20-16(24)22-19-10-11-7-5-6-8-12(11)18/h3-8,10H,9H2,1-2H3,(H,20,22)(H,21,25,26)/b4-3+,19-10?. The fraction of sp³-hybridized carbons (Fsp3) is 0.176. The van der Waals surface area contributed by atoms with E-state index >= 15 is 0 Å². The number of imidazole rings is 1. The van der Waals surface area contributed by atoms with Crippen LogP contribution in [0.2, 0.25) is 5.02 Å². The first kappa shape index (κ1) is 17.7. The van der Waals surface area contributed by atoms with E-state index in [0.29, 0.717) is 23.0 Å². The van der Waals surface area contributed by atoms with Crippen molar-refractivity contribution in [2.45, 2.75) is 13.5 Å². The number of aromatic nitrogens is 4. The largest absolute Gasteiger partial charge is 0.329 e. The summed E-state index contributed by atoms with van der Waals surface area (Å²) < 4.78 is 2.93. The Kier molecular flexibility index (Phi) is 5.04. The SMILES string of the molecule is C/C=C/Cn1c(NN=Cc2ccccc2Cl)nc2c1c(=O)[nH]c(=O)n2C. The second-order valence-electron chi connectivity index (χ2n) is 5.50. The van der Waals surface area contributed by atoms with Gasteiger partial charge in [0, 0.05) is 24.2 Å². The molecule has 9 heteroatoms. The van der Waals surface area contributed by atoms with Crippen LogP contribution in [0.1, 0.15) is 12.5 Å². The molecule has 2 N–H and O–H groups in total. The number of hydrogen-bond donors (Lipinski definition) is 2. The lowest BCUT2D eigenvalue weighted by atomic mass is 10.2. The van der Waals surface area contributed by atoms with Gasteiger partial charge in [0.1, 0.15) is 0 Å². The van der Waals surface area contributed by atoms with Crippen molar-refractivity contribution in [2.75, 3.05) is 5.43 Å². The number of allylic oxidation sites excluding steroid dienone is 2. The molecule has 26 heavy (non-hydrogen) atoms. The first-order valence-corrected chi connectivity index (χ1v) is 8.25. The van der Waals surface area contributed by atoms with Crippen LogP contribution < -0.4 is 16.7 Å². The highest BCUT2D eigenvalue weighted by Crippen LogP contribution is 2.16. The number of anilines is 1. The van der Waals surface area contributed by atoms with Gasteiger partial charge in [0.05, 0.1) is 6.21 Å². The highest BCUT2D eigenvalue weighted by molar-refractivity contribution is 6.33. The first-order valence-electron chi connectivity index (χ1n) is 7.87. The van der Waals surface area contributed by atoms with E-state index in [1.807, 2.05) is 37.3 Å². The van der Waals surface area contributed by atoms with Crippen molar-refractivity contribution in [3.05, 3.63) is 67.8 Å². The molecule has 0 unspecified atom stereocenters. The van der Waals surface area contributed by atoms with Crippen molar-refractivity contribution < 1.29 is 0 Å². The maximum Gasteiger partial charge on any atom is 0.329 e. The lowest BCUT2D eigenvalue weighted by Gasteiger charge is -2.05. The van der Waals surface area contributed by atoms with Crippen LogP contribution in [0.4, 0.5) is 5.95 Å². The Morgan fingerprint density at radius 1 is 1.35 bits per heavy atom. The second kappa shape index (κ2) is 7.40. The topological polar surface area (TPSA) is 97.1 Å². The number of aromatic amines is 1. The molecule has 0 aliphatic heterocycles. The van der Waals surface area contributed by atoms with Crippen LogP contribution in [0, 0.1) is 0 Å². The van der Waals surface area contributed by atoms with Gasteiger partial charge in [0.2, 0.25) is 5.95 Å². The zero-order chi connectivity index (χ0) is 18.7. The molecule has 3 rings (SSSR count). The van der Waals surface area contributed by atoms with E-state index < -0.39 is 11.2 Å². The van der Waals surface area contributed by atoms with E-state index in [2.05, 4.69) is 20.5 Å². The van der Waals surface area contributed by atoms with E-state index in [4.69, 9.17) is 11.6 Å². The van der Waals surface area contributed by atoms with E-state index in [0.717, 1.165) is 5.56 Å². The Labute approximate surface area is 153 Å². The summed E-state index contributed by atoms with van der Waals surface area (Å²) in [6, 6.07) is 7.27. The van der Waals surface area contributed by atoms with Gasteiger partial charge in [-0.15, -0.1) is 0 Å². The molecular formula is C17H17ClN6O2. The minimum absolute atomic E-state index is 0.277. The minimum atomic E-state index is -0.524. The highest BCUT2D eigenvalue weighted by Gasteiger charge is 2.16. The monoisotopic (exact) mass is 372 g/mol. The average Bonchev–Trinajstić information content (AvgIpc) is 2.99. The highest BCUT2D eigenvalue weighted by atomic mass is 35.5. The number of aryl methyl sites for hydroxylation is 1. The Balaban J connectivity index is 2.06. The number of hydrazone groups is 1. The van der Waals surface area contributed by atoms with Crippen LogP contribution in [0.15, 0.2) is 51.1 Å². The Morgan fingerprint density at radius 2 is 2.12 bits per heavy atom. The zero-order valence-corrected chi connectivity index (χ0v) is 15.0. The molecule has 0 amide bonds. The number of halogens is 1. The Bertz CT molecular complexity index is 1120. The molecule has 0 saturated heterocycles. The van der Waals surface area contributed by atoms with Crippen LogP contribution in [-0.2, 0) is 13.6 Å². The molecule has 2 heterocycles. The summed E-state index contributed by atoms with van der Waals surface area (Å²) in [6.07, 6.45) is 5.29. The van der Waals surface area contributed by atoms with Crippen molar-refractivity contribution in [3.8, 4) is 0 Å². The van der Waals surface area contributed by atoms with Gasteiger partial charge in [-0.3, -0.25) is 18.9 Å². The third-order valence-electron chi connectivity index (χ3n) is 3.80. The smallest absolute Gasteiger partial charge is 0.299 e. The predicted molar refractivity (Wildman–Crippen MR) is 103 cm³/mol. The van der Waals surface area contributed by atoms with E-state index in [-0.39, 0.29) is 5.65 Å². The van der Waals surface area contributed by atoms with Crippen LogP contribution >= 0.6 is 11.6 Å². The van der Waals surface area contributed by atoms with Crippen molar-refractivity contribution >= 4 is 34.9 Å². The van der Waals surface area contributed by atoms with Gasteiger partial charge < -0.3 is 0 Å². The molecule has 0 saturated carbocycles. The van der Waals surface area contributed by atoms with Crippen molar-refractivity contribution in [2.24, 2.45) is 12.1 Å². The van der Waals surface area contributed by atoms with Gasteiger partial charge in [-0.05, 0) is 13.0 Å². The number of benzene rings is 1. The normalized spacial score (nSPS) is 11.8. The summed E-state index contributed by atoms with van der Waals surface area (Å²) >= 11 is 6.10.